The normalized spacial score (nSPS) is 19.3. The molecule has 0 N–H and O–H groups in total. The maximum atomic E-state index is 13.5. The Morgan fingerprint density at radius 3 is 2.44 bits per heavy atom. The second kappa shape index (κ2) is 11.8. The minimum Gasteiger partial charge on any atom is -0.308 e. The maximum Gasteiger partial charge on any atom is 0.267 e. The second-order valence-corrected chi connectivity index (χ2v) is 11.1. The van der Waals surface area contributed by atoms with Crippen molar-refractivity contribution in [2.24, 2.45) is 5.92 Å². The molecule has 0 spiro atoms. The van der Waals surface area contributed by atoms with Gasteiger partial charge < -0.3 is 4.90 Å². The van der Waals surface area contributed by atoms with Gasteiger partial charge in [-0.1, -0.05) is 99.2 Å². The highest BCUT2D eigenvalue weighted by molar-refractivity contribution is 9.10. The van der Waals surface area contributed by atoms with Gasteiger partial charge in [-0.05, 0) is 37.0 Å². The molecule has 1 saturated heterocycles. The number of anilines is 1. The first-order chi connectivity index (χ1) is 15.4. The minimum atomic E-state index is -0.114. The van der Waals surface area contributed by atoms with Crippen molar-refractivity contribution >= 4 is 67.3 Å². The van der Waals surface area contributed by atoms with Crippen LogP contribution in [0.5, 0.6) is 0 Å². The predicted molar refractivity (Wildman–Crippen MR) is 143 cm³/mol. The molecule has 7 heteroatoms. The summed E-state index contributed by atoms with van der Waals surface area (Å²) in [5.74, 6) is 0.239. The highest BCUT2D eigenvalue weighted by Gasteiger charge is 2.42. The van der Waals surface area contributed by atoms with Crippen LogP contribution in [0.3, 0.4) is 0 Å². The number of benzene rings is 1. The van der Waals surface area contributed by atoms with Crippen molar-refractivity contribution in [2.75, 3.05) is 18.0 Å². The Morgan fingerprint density at radius 2 is 1.75 bits per heavy atom. The van der Waals surface area contributed by atoms with Crippen molar-refractivity contribution in [3.05, 3.63) is 33.1 Å². The average Bonchev–Trinajstić information content (AvgIpc) is 3.20. The van der Waals surface area contributed by atoms with Gasteiger partial charge in [0.25, 0.3) is 11.8 Å². The lowest BCUT2D eigenvalue weighted by atomic mass is 9.98. The third-order valence-corrected chi connectivity index (χ3v) is 8.21. The van der Waals surface area contributed by atoms with E-state index in [-0.39, 0.29) is 11.8 Å². The van der Waals surface area contributed by atoms with E-state index in [1.54, 1.807) is 4.90 Å². The third-order valence-electron chi connectivity index (χ3n) is 6.27. The number of halogens is 1. The average molecular weight is 538 g/mol. The van der Waals surface area contributed by atoms with Crippen molar-refractivity contribution in [3.8, 4) is 0 Å². The van der Waals surface area contributed by atoms with Crippen molar-refractivity contribution < 1.29 is 9.59 Å². The maximum absolute atomic E-state index is 13.5. The second-order valence-electron chi connectivity index (χ2n) is 8.58. The number of thioether (sulfide) groups is 1. The number of nitrogens with zero attached hydrogens (tertiary/aromatic N) is 2. The smallest absolute Gasteiger partial charge is 0.267 e. The SMILES string of the molecule is CCCCCCN1C(=O)/C(=C2\SC(=S)N(C[C@H](CC)CCCC)C2=O)c2cc(Br)ccc21. The zero-order chi connectivity index (χ0) is 23.3. The summed E-state index contributed by atoms with van der Waals surface area (Å²) in [6.45, 7) is 7.84. The van der Waals surface area contributed by atoms with Gasteiger partial charge in [0.05, 0.1) is 16.2 Å². The summed E-state index contributed by atoms with van der Waals surface area (Å²) in [7, 11) is 0. The van der Waals surface area contributed by atoms with Crippen LogP contribution in [0.1, 0.15) is 77.7 Å². The number of hydrogen-bond acceptors (Lipinski definition) is 4. The fourth-order valence-electron chi connectivity index (χ4n) is 4.32. The van der Waals surface area contributed by atoms with Crippen molar-refractivity contribution in [1.82, 2.24) is 4.90 Å². The monoisotopic (exact) mass is 536 g/mol. The van der Waals surface area contributed by atoms with Gasteiger partial charge >= 0.3 is 0 Å². The number of rotatable bonds is 11. The highest BCUT2D eigenvalue weighted by atomic mass is 79.9. The molecule has 0 saturated carbocycles. The molecule has 1 atom stereocenters. The number of thiocarbonyl (C=S) groups is 1. The molecule has 0 unspecified atom stereocenters. The van der Waals surface area contributed by atoms with Crippen LogP contribution in [0.4, 0.5) is 5.69 Å². The van der Waals surface area contributed by atoms with Gasteiger partial charge in [-0.25, -0.2) is 0 Å². The standard InChI is InChI=1S/C25H33BrN2O2S2/c1-4-7-9-10-14-27-20-13-12-18(26)15-19(20)21(23(27)29)22-24(30)28(25(31)32-22)16-17(6-3)11-8-5-2/h12-13,15,17H,4-11,14,16H2,1-3H3/b22-21-/t17-/m1/s1. The van der Waals surface area contributed by atoms with Gasteiger partial charge in [-0.2, -0.15) is 0 Å². The van der Waals surface area contributed by atoms with E-state index < -0.39 is 0 Å². The van der Waals surface area contributed by atoms with Gasteiger partial charge in [0.1, 0.15) is 4.32 Å². The third kappa shape index (κ3) is 5.48. The van der Waals surface area contributed by atoms with Crippen LogP contribution < -0.4 is 4.90 Å². The molecule has 3 rings (SSSR count). The summed E-state index contributed by atoms with van der Waals surface area (Å²) < 4.78 is 1.47. The number of carbonyl (C=O) groups excluding carboxylic acids is 2. The van der Waals surface area contributed by atoms with Crippen molar-refractivity contribution in [3.63, 3.8) is 0 Å². The van der Waals surface area contributed by atoms with Crippen molar-refractivity contribution in [1.29, 1.82) is 0 Å². The molecule has 0 radical (unpaired) electrons. The lowest BCUT2D eigenvalue weighted by molar-refractivity contribution is -0.123. The molecule has 174 valence electrons. The Labute approximate surface area is 210 Å². The fraction of sp³-hybridized carbons (Fsp3) is 0.560. The van der Waals surface area contributed by atoms with Gasteiger partial charge in [0.15, 0.2) is 0 Å². The molecule has 0 aliphatic carbocycles. The van der Waals surface area contributed by atoms with E-state index in [4.69, 9.17) is 12.2 Å². The Hall–Kier alpha value is -1.18. The molecule has 1 fully saturated rings. The zero-order valence-electron chi connectivity index (χ0n) is 19.3. The quantitative estimate of drug-likeness (QED) is 0.171. The first-order valence-electron chi connectivity index (χ1n) is 11.8. The molecule has 2 heterocycles. The van der Waals surface area contributed by atoms with E-state index in [9.17, 15) is 9.59 Å². The Kier molecular flexibility index (Phi) is 9.38. The molecular weight excluding hydrogens is 504 g/mol. The van der Waals surface area contributed by atoms with Crippen molar-refractivity contribution in [2.45, 2.75) is 72.1 Å². The molecule has 2 aliphatic rings. The van der Waals surface area contributed by atoms with Gasteiger partial charge in [-0.15, -0.1) is 0 Å². The molecule has 1 aromatic rings. The van der Waals surface area contributed by atoms with E-state index in [0.717, 1.165) is 67.1 Å². The van der Waals surface area contributed by atoms with E-state index >= 15 is 0 Å². The van der Waals surface area contributed by atoms with Gasteiger partial charge in [0.2, 0.25) is 0 Å². The predicted octanol–water partition coefficient (Wildman–Crippen LogP) is 7.16. The van der Waals surface area contributed by atoms with E-state index in [1.165, 1.54) is 11.8 Å². The van der Waals surface area contributed by atoms with Gasteiger partial charge in [-0.3, -0.25) is 14.5 Å². The van der Waals surface area contributed by atoms with Gasteiger partial charge in [0, 0.05) is 23.1 Å². The first-order valence-corrected chi connectivity index (χ1v) is 13.8. The molecule has 2 aliphatic heterocycles. The highest BCUT2D eigenvalue weighted by Crippen LogP contribution is 2.45. The fourth-order valence-corrected chi connectivity index (χ4v) is 6.03. The van der Waals surface area contributed by atoms with Crippen LogP contribution in [0.15, 0.2) is 27.6 Å². The Balaban J connectivity index is 1.90. The minimum absolute atomic E-state index is 0.0758. The Morgan fingerprint density at radius 1 is 1.00 bits per heavy atom. The number of hydrogen-bond donors (Lipinski definition) is 0. The molecule has 1 aromatic carbocycles. The van der Waals surface area contributed by atoms with Crippen LogP contribution in [0, 0.1) is 5.92 Å². The zero-order valence-corrected chi connectivity index (χ0v) is 22.5. The topological polar surface area (TPSA) is 40.6 Å². The van der Waals surface area contributed by atoms with Crippen LogP contribution in [-0.4, -0.2) is 34.1 Å². The first kappa shape index (κ1) is 25.4. The molecule has 0 aromatic heterocycles. The molecular formula is C25H33BrN2O2S2. The van der Waals surface area contributed by atoms with Crippen LogP contribution in [-0.2, 0) is 9.59 Å². The summed E-state index contributed by atoms with van der Waals surface area (Å²) in [6, 6.07) is 5.89. The Bertz CT molecular complexity index is 915. The largest absolute Gasteiger partial charge is 0.308 e. The lowest BCUT2D eigenvalue weighted by Gasteiger charge is -2.21. The van der Waals surface area contributed by atoms with E-state index in [1.807, 2.05) is 23.1 Å². The lowest BCUT2D eigenvalue weighted by Crippen LogP contribution is -2.33. The summed E-state index contributed by atoms with van der Waals surface area (Å²) in [5, 5.41) is 0. The van der Waals surface area contributed by atoms with Crippen LogP contribution in [0.2, 0.25) is 0 Å². The number of fused-ring (bicyclic) bond motifs is 1. The molecule has 2 amide bonds. The van der Waals surface area contributed by atoms with E-state index in [2.05, 4.69) is 36.7 Å². The summed E-state index contributed by atoms with van der Waals surface area (Å²) >= 11 is 10.4. The summed E-state index contributed by atoms with van der Waals surface area (Å²) in [5.41, 5.74) is 2.24. The number of carbonyl (C=O) groups is 2. The summed E-state index contributed by atoms with van der Waals surface area (Å²) in [4.78, 5) is 31.0. The molecule has 4 nitrogen and oxygen atoms in total. The number of unbranched alkanes of at least 4 members (excludes halogenated alkanes) is 4. The van der Waals surface area contributed by atoms with Crippen LogP contribution >= 0.6 is 39.9 Å². The summed E-state index contributed by atoms with van der Waals surface area (Å²) in [6.07, 6.45) is 8.78. The number of amides is 2. The molecule has 0 bridgehead atoms. The van der Waals surface area contributed by atoms with Crippen LogP contribution in [0.25, 0.3) is 5.57 Å². The van der Waals surface area contributed by atoms with E-state index in [0.29, 0.717) is 33.8 Å². The molecule has 32 heavy (non-hydrogen) atoms.